The Morgan fingerprint density at radius 1 is 1.27 bits per heavy atom. The van der Waals surface area contributed by atoms with Gasteiger partial charge in [-0.25, -0.2) is 0 Å². The van der Waals surface area contributed by atoms with Crippen molar-refractivity contribution in [3.63, 3.8) is 0 Å². The number of nitrogens with one attached hydrogen (secondary N) is 1. The molecule has 5 nitrogen and oxygen atoms in total. The van der Waals surface area contributed by atoms with Crippen LogP contribution in [0.3, 0.4) is 0 Å². The summed E-state index contributed by atoms with van der Waals surface area (Å²) < 4.78 is 0. The number of hydrogen-bond acceptors (Lipinski definition) is 3. The first-order valence-corrected chi connectivity index (χ1v) is 4.62. The molecule has 0 saturated carbocycles. The zero-order chi connectivity index (χ0) is 11.0. The summed E-state index contributed by atoms with van der Waals surface area (Å²) in [5.41, 5.74) is 1.88. The molecule has 0 atom stereocenters. The molecule has 2 heterocycles. The van der Waals surface area contributed by atoms with E-state index in [-0.39, 0.29) is 18.4 Å². The number of aromatic amines is 1. The van der Waals surface area contributed by atoms with E-state index in [1.54, 1.807) is 26.2 Å². The number of carbonyl (C=O) groups excluding carboxylic acids is 2. The first-order valence-electron chi connectivity index (χ1n) is 4.62. The minimum Gasteiger partial charge on any atom is -0.285 e. The van der Waals surface area contributed by atoms with Crippen LogP contribution < -0.4 is 0 Å². The molecule has 5 heteroatoms. The maximum Gasteiger partial charge on any atom is 0.257 e. The van der Waals surface area contributed by atoms with Gasteiger partial charge in [0.25, 0.3) is 11.8 Å². The van der Waals surface area contributed by atoms with Gasteiger partial charge in [-0.3, -0.25) is 19.6 Å². The molecule has 1 aliphatic rings. The maximum absolute atomic E-state index is 11.7. The van der Waals surface area contributed by atoms with Crippen LogP contribution in [0.1, 0.15) is 19.4 Å². The topological polar surface area (TPSA) is 66.1 Å². The third-order valence-electron chi connectivity index (χ3n) is 2.59. The summed E-state index contributed by atoms with van der Waals surface area (Å²) in [5, 5.41) is 6.41. The van der Waals surface area contributed by atoms with Crippen molar-refractivity contribution in [1.82, 2.24) is 15.1 Å². The van der Waals surface area contributed by atoms with Gasteiger partial charge in [-0.15, -0.1) is 0 Å². The van der Waals surface area contributed by atoms with Gasteiger partial charge in [0.2, 0.25) is 0 Å². The summed E-state index contributed by atoms with van der Waals surface area (Å²) >= 11 is 0. The molecule has 0 unspecified atom stereocenters. The lowest BCUT2D eigenvalue weighted by Gasteiger charge is -2.12. The first kappa shape index (κ1) is 9.64. The number of imide groups is 1. The normalized spacial score (nSPS) is 16.8. The van der Waals surface area contributed by atoms with Crippen molar-refractivity contribution in [1.29, 1.82) is 0 Å². The van der Waals surface area contributed by atoms with Crippen molar-refractivity contribution < 1.29 is 9.59 Å². The van der Waals surface area contributed by atoms with E-state index in [0.717, 1.165) is 5.56 Å². The summed E-state index contributed by atoms with van der Waals surface area (Å²) in [6.07, 6.45) is 3.27. The molecule has 1 aromatic rings. The highest BCUT2D eigenvalue weighted by molar-refractivity contribution is 6.18. The lowest BCUT2D eigenvalue weighted by atomic mass is 10.2. The van der Waals surface area contributed by atoms with Crippen molar-refractivity contribution in [2.24, 2.45) is 0 Å². The Hall–Kier alpha value is -1.91. The van der Waals surface area contributed by atoms with Gasteiger partial charge in [0.1, 0.15) is 0 Å². The number of rotatable bonds is 2. The highest BCUT2D eigenvalue weighted by Gasteiger charge is 2.33. The van der Waals surface area contributed by atoms with Crippen LogP contribution in [0.5, 0.6) is 0 Å². The van der Waals surface area contributed by atoms with Crippen molar-refractivity contribution in [3.8, 4) is 0 Å². The third-order valence-corrected chi connectivity index (χ3v) is 2.59. The van der Waals surface area contributed by atoms with E-state index < -0.39 is 0 Å². The molecule has 1 aliphatic heterocycles. The molecule has 1 N–H and O–H groups in total. The van der Waals surface area contributed by atoms with Crippen LogP contribution in [0.4, 0.5) is 0 Å². The predicted octanol–water partition coefficient (Wildman–Crippen LogP) is 0.615. The van der Waals surface area contributed by atoms with Gasteiger partial charge in [0, 0.05) is 22.9 Å². The van der Waals surface area contributed by atoms with Gasteiger partial charge in [-0.1, -0.05) is 0 Å². The fourth-order valence-corrected chi connectivity index (χ4v) is 1.51. The summed E-state index contributed by atoms with van der Waals surface area (Å²) in [7, 11) is 0. The Balaban J connectivity index is 2.21. The van der Waals surface area contributed by atoms with E-state index >= 15 is 0 Å². The Morgan fingerprint density at radius 3 is 2.33 bits per heavy atom. The molecule has 2 amide bonds. The lowest BCUT2D eigenvalue weighted by Crippen LogP contribution is -2.30. The molecular formula is C10H11N3O2. The fraction of sp³-hybridized carbons (Fsp3) is 0.300. The Morgan fingerprint density at radius 2 is 1.87 bits per heavy atom. The Labute approximate surface area is 86.8 Å². The molecule has 0 aliphatic carbocycles. The van der Waals surface area contributed by atoms with E-state index in [0.29, 0.717) is 11.1 Å². The SMILES string of the molecule is CC1=C(C)C(=O)N(Cc2cn[nH]c2)C1=O. The standard InChI is InChI=1S/C10H11N3O2/c1-6-7(2)10(15)13(9(6)14)5-8-3-11-12-4-8/h3-4H,5H2,1-2H3,(H,11,12). The molecule has 0 saturated heterocycles. The number of hydrogen-bond donors (Lipinski definition) is 1. The minimum atomic E-state index is -0.210. The number of carbonyl (C=O) groups is 2. The molecule has 2 rings (SSSR count). The van der Waals surface area contributed by atoms with Gasteiger partial charge >= 0.3 is 0 Å². The highest BCUT2D eigenvalue weighted by atomic mass is 16.2. The van der Waals surface area contributed by atoms with Crippen molar-refractivity contribution in [2.45, 2.75) is 20.4 Å². The molecule has 1 aromatic heterocycles. The maximum atomic E-state index is 11.7. The van der Waals surface area contributed by atoms with Gasteiger partial charge in [-0.05, 0) is 13.8 Å². The second-order valence-corrected chi connectivity index (χ2v) is 3.55. The van der Waals surface area contributed by atoms with Gasteiger partial charge in [0.15, 0.2) is 0 Å². The molecular weight excluding hydrogens is 194 g/mol. The summed E-state index contributed by atoms with van der Waals surface area (Å²) in [6, 6.07) is 0. The van der Waals surface area contributed by atoms with E-state index in [1.807, 2.05) is 0 Å². The quantitative estimate of drug-likeness (QED) is 0.719. The van der Waals surface area contributed by atoms with Gasteiger partial charge in [-0.2, -0.15) is 5.10 Å². The zero-order valence-electron chi connectivity index (χ0n) is 8.57. The first-order chi connectivity index (χ1) is 7.11. The Bertz CT molecular complexity index is 421. The molecule has 0 spiro atoms. The van der Waals surface area contributed by atoms with Crippen LogP contribution in [0.15, 0.2) is 23.5 Å². The number of aromatic nitrogens is 2. The molecule has 0 radical (unpaired) electrons. The van der Waals surface area contributed by atoms with E-state index in [4.69, 9.17) is 0 Å². The number of nitrogens with zero attached hydrogens (tertiary/aromatic N) is 2. The second-order valence-electron chi connectivity index (χ2n) is 3.55. The lowest BCUT2D eigenvalue weighted by molar-refractivity contribution is -0.138. The average Bonchev–Trinajstić information content (AvgIpc) is 2.79. The summed E-state index contributed by atoms with van der Waals surface area (Å²) in [4.78, 5) is 24.6. The summed E-state index contributed by atoms with van der Waals surface area (Å²) in [5.74, 6) is -0.419. The van der Waals surface area contributed by atoms with Crippen molar-refractivity contribution in [2.75, 3.05) is 0 Å². The van der Waals surface area contributed by atoms with Gasteiger partial charge < -0.3 is 0 Å². The van der Waals surface area contributed by atoms with Crippen LogP contribution in [0, 0.1) is 0 Å². The molecule has 0 bridgehead atoms. The predicted molar refractivity (Wildman–Crippen MR) is 52.5 cm³/mol. The van der Waals surface area contributed by atoms with Gasteiger partial charge in [0.05, 0.1) is 12.7 Å². The third kappa shape index (κ3) is 1.45. The molecule has 0 fully saturated rings. The number of amides is 2. The minimum absolute atomic E-state index is 0.210. The van der Waals surface area contributed by atoms with Crippen LogP contribution in [-0.2, 0) is 16.1 Å². The number of H-pyrrole nitrogens is 1. The van der Waals surface area contributed by atoms with Crippen LogP contribution in [0.2, 0.25) is 0 Å². The monoisotopic (exact) mass is 205 g/mol. The highest BCUT2D eigenvalue weighted by Crippen LogP contribution is 2.21. The van der Waals surface area contributed by atoms with Crippen LogP contribution in [-0.4, -0.2) is 26.9 Å². The Kier molecular flexibility index (Phi) is 2.15. The zero-order valence-corrected chi connectivity index (χ0v) is 8.57. The average molecular weight is 205 g/mol. The molecule has 78 valence electrons. The van der Waals surface area contributed by atoms with Crippen LogP contribution in [0.25, 0.3) is 0 Å². The van der Waals surface area contributed by atoms with E-state index in [1.165, 1.54) is 4.90 Å². The largest absolute Gasteiger partial charge is 0.285 e. The van der Waals surface area contributed by atoms with Crippen LogP contribution >= 0.6 is 0 Å². The smallest absolute Gasteiger partial charge is 0.257 e. The second kappa shape index (κ2) is 3.34. The molecule has 0 aromatic carbocycles. The summed E-state index contributed by atoms with van der Waals surface area (Å²) in [6.45, 7) is 3.62. The van der Waals surface area contributed by atoms with Crippen molar-refractivity contribution in [3.05, 3.63) is 29.1 Å². The fourth-order valence-electron chi connectivity index (χ4n) is 1.51. The van der Waals surface area contributed by atoms with E-state index in [2.05, 4.69) is 10.2 Å². The van der Waals surface area contributed by atoms with Crippen molar-refractivity contribution >= 4 is 11.8 Å². The molecule has 15 heavy (non-hydrogen) atoms. The van der Waals surface area contributed by atoms with E-state index in [9.17, 15) is 9.59 Å².